The van der Waals surface area contributed by atoms with Gasteiger partial charge in [-0.3, -0.25) is 9.36 Å². The summed E-state index contributed by atoms with van der Waals surface area (Å²) >= 11 is 7.38. The van der Waals surface area contributed by atoms with Gasteiger partial charge in [-0.05, 0) is 61.7 Å². The van der Waals surface area contributed by atoms with Crippen molar-refractivity contribution in [2.75, 3.05) is 18.2 Å². The van der Waals surface area contributed by atoms with Crippen LogP contribution in [-0.2, 0) is 12.5 Å². The van der Waals surface area contributed by atoms with E-state index in [0.717, 1.165) is 11.4 Å². The summed E-state index contributed by atoms with van der Waals surface area (Å²) in [6, 6.07) is 14.3. The zero-order chi connectivity index (χ0) is 20.6. The first kappa shape index (κ1) is 21.0. The van der Waals surface area contributed by atoms with Gasteiger partial charge in [-0.15, -0.1) is 22.0 Å². The molecule has 29 heavy (non-hydrogen) atoms. The molecule has 3 aromatic rings. The number of aromatic nitrogens is 3. The lowest BCUT2D eigenvalue weighted by molar-refractivity contribution is 0.296. The van der Waals surface area contributed by atoms with Gasteiger partial charge in [0, 0.05) is 10.7 Å². The van der Waals surface area contributed by atoms with E-state index in [4.69, 9.17) is 21.1 Å². The smallest absolute Gasteiger partial charge is 0.281 e. The van der Waals surface area contributed by atoms with E-state index >= 15 is 0 Å². The van der Waals surface area contributed by atoms with Crippen LogP contribution in [-0.4, -0.2) is 27.6 Å². The maximum absolute atomic E-state index is 12.9. The van der Waals surface area contributed by atoms with Crippen LogP contribution in [0.25, 0.3) is 0 Å². The third-order valence-electron chi connectivity index (χ3n) is 3.88. The molecular weight excluding hydrogens is 412 g/mol. The van der Waals surface area contributed by atoms with E-state index in [9.17, 15) is 4.79 Å². The average molecular weight is 433 g/mol. The van der Waals surface area contributed by atoms with Crippen molar-refractivity contribution in [3.63, 3.8) is 0 Å². The van der Waals surface area contributed by atoms with Crippen LogP contribution in [0.2, 0.25) is 5.02 Å². The number of ether oxygens (including phenoxy) is 2. The number of anilines is 2. The number of hydrogen-bond donors (Lipinski definition) is 1. The third kappa shape index (κ3) is 5.65. The zero-order valence-electron chi connectivity index (χ0n) is 16.1. The predicted molar refractivity (Wildman–Crippen MR) is 116 cm³/mol. The molecule has 1 N–H and O–H groups in total. The Kier molecular flexibility index (Phi) is 7.37. The van der Waals surface area contributed by atoms with Crippen molar-refractivity contribution in [3.8, 4) is 11.5 Å². The third-order valence-corrected chi connectivity index (χ3v) is 4.65. The van der Waals surface area contributed by atoms with Crippen molar-refractivity contribution < 1.29 is 9.47 Å². The summed E-state index contributed by atoms with van der Waals surface area (Å²) in [4.78, 5) is 12.9. The van der Waals surface area contributed by atoms with Crippen LogP contribution in [0, 0.1) is 0 Å². The summed E-state index contributed by atoms with van der Waals surface area (Å²) in [5, 5.41) is 12.0. The SMILES string of the molecule is CCOc1ccc(Nc2nnc(COc3ccc(Cl)cc3)c(=O)n2CSC)cc1. The minimum Gasteiger partial charge on any atom is -0.494 e. The summed E-state index contributed by atoms with van der Waals surface area (Å²) in [5.41, 5.74) is 0.755. The Balaban J connectivity index is 1.78. The molecule has 0 atom stereocenters. The van der Waals surface area contributed by atoms with E-state index in [1.165, 1.54) is 16.3 Å². The van der Waals surface area contributed by atoms with Crippen molar-refractivity contribution in [1.29, 1.82) is 0 Å². The second-order valence-electron chi connectivity index (χ2n) is 5.95. The Hall–Kier alpha value is -2.71. The largest absolute Gasteiger partial charge is 0.494 e. The lowest BCUT2D eigenvalue weighted by Gasteiger charge is -2.14. The highest BCUT2D eigenvalue weighted by atomic mass is 35.5. The molecule has 3 rings (SSSR count). The van der Waals surface area contributed by atoms with Gasteiger partial charge in [-0.1, -0.05) is 11.6 Å². The van der Waals surface area contributed by atoms with E-state index in [1.807, 2.05) is 37.4 Å². The summed E-state index contributed by atoms with van der Waals surface area (Å²) < 4.78 is 12.6. The molecule has 152 valence electrons. The van der Waals surface area contributed by atoms with Gasteiger partial charge in [0.1, 0.15) is 18.1 Å². The van der Waals surface area contributed by atoms with Gasteiger partial charge in [0.15, 0.2) is 5.69 Å². The number of halogens is 1. The molecule has 0 radical (unpaired) electrons. The predicted octanol–water partition coefficient (Wildman–Crippen LogP) is 4.33. The van der Waals surface area contributed by atoms with Crippen LogP contribution in [0.3, 0.4) is 0 Å². The molecule has 0 saturated heterocycles. The van der Waals surface area contributed by atoms with Crippen LogP contribution in [0.4, 0.5) is 11.6 Å². The van der Waals surface area contributed by atoms with Crippen molar-refractivity contribution in [1.82, 2.24) is 14.8 Å². The molecule has 2 aromatic carbocycles. The van der Waals surface area contributed by atoms with Crippen molar-refractivity contribution in [2.24, 2.45) is 0 Å². The lowest BCUT2D eigenvalue weighted by atomic mass is 10.3. The van der Waals surface area contributed by atoms with E-state index in [0.29, 0.717) is 29.2 Å². The monoisotopic (exact) mass is 432 g/mol. The van der Waals surface area contributed by atoms with Crippen molar-refractivity contribution in [2.45, 2.75) is 19.4 Å². The van der Waals surface area contributed by atoms with E-state index in [2.05, 4.69) is 15.5 Å². The minimum atomic E-state index is -0.253. The Morgan fingerprint density at radius 3 is 2.34 bits per heavy atom. The second kappa shape index (κ2) is 10.2. The Labute approximate surface area is 178 Å². The maximum Gasteiger partial charge on any atom is 0.281 e. The first-order valence-corrected chi connectivity index (χ1v) is 10.7. The molecule has 0 fully saturated rings. The van der Waals surface area contributed by atoms with Crippen LogP contribution in [0.5, 0.6) is 11.5 Å². The van der Waals surface area contributed by atoms with Gasteiger partial charge < -0.3 is 14.8 Å². The molecule has 0 aliphatic rings. The van der Waals surface area contributed by atoms with E-state index in [1.54, 1.807) is 24.3 Å². The fraction of sp³-hybridized carbons (Fsp3) is 0.250. The van der Waals surface area contributed by atoms with Crippen LogP contribution in [0.1, 0.15) is 12.6 Å². The normalized spacial score (nSPS) is 10.6. The molecule has 0 unspecified atom stereocenters. The van der Waals surface area contributed by atoms with Crippen molar-refractivity contribution in [3.05, 3.63) is 69.6 Å². The van der Waals surface area contributed by atoms with Gasteiger partial charge in [-0.25, -0.2) is 0 Å². The van der Waals surface area contributed by atoms with Gasteiger partial charge >= 0.3 is 0 Å². The standard InChI is InChI=1S/C20H21ClN4O3S/c1-3-27-16-10-6-15(7-11-16)22-20-24-23-18(19(26)25(20)13-29-2)12-28-17-8-4-14(21)5-9-17/h4-11H,3,12-13H2,1-2H3,(H,22,24). The second-order valence-corrected chi connectivity index (χ2v) is 7.22. The first-order valence-electron chi connectivity index (χ1n) is 8.94. The van der Waals surface area contributed by atoms with Crippen LogP contribution >= 0.6 is 23.4 Å². The zero-order valence-corrected chi connectivity index (χ0v) is 17.7. The molecule has 0 amide bonds. The number of hydrogen-bond acceptors (Lipinski definition) is 7. The summed E-state index contributed by atoms with van der Waals surface area (Å²) in [6.07, 6.45) is 1.91. The van der Waals surface area contributed by atoms with Gasteiger partial charge in [0.05, 0.1) is 12.5 Å². The lowest BCUT2D eigenvalue weighted by Crippen LogP contribution is -2.29. The molecule has 1 aromatic heterocycles. The summed E-state index contributed by atoms with van der Waals surface area (Å²) in [5.74, 6) is 2.18. The maximum atomic E-state index is 12.9. The molecule has 0 saturated carbocycles. The average Bonchev–Trinajstić information content (AvgIpc) is 2.73. The topological polar surface area (TPSA) is 78.3 Å². The van der Waals surface area contributed by atoms with Crippen molar-refractivity contribution >= 4 is 35.0 Å². The number of nitrogens with one attached hydrogen (secondary N) is 1. The molecule has 7 nitrogen and oxygen atoms in total. The molecule has 9 heteroatoms. The Morgan fingerprint density at radius 1 is 1.03 bits per heavy atom. The fourth-order valence-electron chi connectivity index (χ4n) is 2.50. The Bertz CT molecular complexity index is 994. The number of benzene rings is 2. The van der Waals surface area contributed by atoms with Gasteiger partial charge in [-0.2, -0.15) is 0 Å². The molecule has 0 bridgehead atoms. The highest BCUT2D eigenvalue weighted by Gasteiger charge is 2.13. The quantitative estimate of drug-likeness (QED) is 0.539. The van der Waals surface area contributed by atoms with Crippen LogP contribution < -0.4 is 20.3 Å². The van der Waals surface area contributed by atoms with Crippen LogP contribution in [0.15, 0.2) is 53.3 Å². The van der Waals surface area contributed by atoms with E-state index in [-0.39, 0.29) is 17.9 Å². The first-order chi connectivity index (χ1) is 14.1. The highest BCUT2D eigenvalue weighted by Crippen LogP contribution is 2.19. The summed E-state index contributed by atoms with van der Waals surface area (Å²) in [6.45, 7) is 2.55. The number of nitrogens with zero attached hydrogens (tertiary/aromatic N) is 3. The molecule has 0 aliphatic heterocycles. The van der Waals surface area contributed by atoms with Gasteiger partial charge in [0.25, 0.3) is 5.56 Å². The minimum absolute atomic E-state index is 0.0190. The molecular formula is C20H21ClN4O3S. The fourth-order valence-corrected chi connectivity index (χ4v) is 3.12. The number of thioether (sulfide) groups is 1. The van der Waals surface area contributed by atoms with E-state index < -0.39 is 0 Å². The summed E-state index contributed by atoms with van der Waals surface area (Å²) in [7, 11) is 0. The molecule has 0 spiro atoms. The highest BCUT2D eigenvalue weighted by molar-refractivity contribution is 7.97. The molecule has 0 aliphatic carbocycles. The Morgan fingerprint density at radius 2 is 1.69 bits per heavy atom. The molecule has 1 heterocycles. The number of rotatable bonds is 9. The van der Waals surface area contributed by atoms with Gasteiger partial charge in [0.2, 0.25) is 5.95 Å².